The molecule has 0 spiro atoms. The standard InChI is InChI=1S/C12H19NOS/c1-9(8-11-4-3-7-15-11)13-12-5-6-14-10(12)2/h3-4,7,9-10,12-13H,5-6,8H2,1-2H3. The highest BCUT2D eigenvalue weighted by atomic mass is 32.1. The molecule has 3 unspecified atom stereocenters. The number of rotatable bonds is 4. The van der Waals surface area contributed by atoms with Gasteiger partial charge in [-0.05, 0) is 38.1 Å². The molecule has 1 aliphatic rings. The molecule has 0 bridgehead atoms. The van der Waals surface area contributed by atoms with Gasteiger partial charge in [0.25, 0.3) is 0 Å². The van der Waals surface area contributed by atoms with Crippen LogP contribution in [0.25, 0.3) is 0 Å². The molecule has 2 nitrogen and oxygen atoms in total. The van der Waals surface area contributed by atoms with Crippen molar-refractivity contribution in [2.75, 3.05) is 6.61 Å². The smallest absolute Gasteiger partial charge is 0.0700 e. The lowest BCUT2D eigenvalue weighted by Gasteiger charge is -2.21. The summed E-state index contributed by atoms with van der Waals surface area (Å²) in [6.07, 6.45) is 2.65. The minimum atomic E-state index is 0.371. The quantitative estimate of drug-likeness (QED) is 0.850. The molecule has 3 atom stereocenters. The number of thiophene rings is 1. The van der Waals surface area contributed by atoms with Gasteiger partial charge in [0.15, 0.2) is 0 Å². The van der Waals surface area contributed by atoms with Gasteiger partial charge >= 0.3 is 0 Å². The van der Waals surface area contributed by atoms with Crippen molar-refractivity contribution in [3.05, 3.63) is 22.4 Å². The summed E-state index contributed by atoms with van der Waals surface area (Å²) < 4.78 is 5.54. The minimum absolute atomic E-state index is 0.371. The second-order valence-electron chi connectivity index (χ2n) is 4.32. The third kappa shape index (κ3) is 3.03. The van der Waals surface area contributed by atoms with E-state index in [1.54, 1.807) is 0 Å². The Bertz CT molecular complexity index is 286. The van der Waals surface area contributed by atoms with E-state index in [0.29, 0.717) is 18.2 Å². The lowest BCUT2D eigenvalue weighted by atomic mass is 10.1. The van der Waals surface area contributed by atoms with Crippen molar-refractivity contribution >= 4 is 11.3 Å². The van der Waals surface area contributed by atoms with Gasteiger partial charge in [-0.3, -0.25) is 0 Å². The fourth-order valence-electron chi connectivity index (χ4n) is 2.11. The van der Waals surface area contributed by atoms with Gasteiger partial charge in [-0.1, -0.05) is 6.07 Å². The molecule has 1 aromatic heterocycles. The number of nitrogens with one attached hydrogen (secondary N) is 1. The monoisotopic (exact) mass is 225 g/mol. The molecule has 0 aliphatic carbocycles. The Kier molecular flexibility index (Phi) is 3.78. The average molecular weight is 225 g/mol. The fraction of sp³-hybridized carbons (Fsp3) is 0.667. The van der Waals surface area contributed by atoms with Gasteiger partial charge in [-0.25, -0.2) is 0 Å². The molecular weight excluding hydrogens is 206 g/mol. The lowest BCUT2D eigenvalue weighted by molar-refractivity contribution is 0.111. The van der Waals surface area contributed by atoms with E-state index in [1.807, 2.05) is 11.3 Å². The highest BCUT2D eigenvalue weighted by molar-refractivity contribution is 7.09. The Morgan fingerprint density at radius 1 is 1.67 bits per heavy atom. The van der Waals surface area contributed by atoms with Crippen LogP contribution in [0.4, 0.5) is 0 Å². The molecule has 2 rings (SSSR count). The molecular formula is C12H19NOS. The van der Waals surface area contributed by atoms with Gasteiger partial charge < -0.3 is 10.1 Å². The molecule has 0 aromatic carbocycles. The van der Waals surface area contributed by atoms with Crippen molar-refractivity contribution in [1.29, 1.82) is 0 Å². The number of hydrogen-bond acceptors (Lipinski definition) is 3. The molecule has 1 aromatic rings. The van der Waals surface area contributed by atoms with E-state index in [4.69, 9.17) is 4.74 Å². The largest absolute Gasteiger partial charge is 0.377 e. The van der Waals surface area contributed by atoms with Crippen LogP contribution >= 0.6 is 11.3 Å². The van der Waals surface area contributed by atoms with E-state index in [-0.39, 0.29) is 0 Å². The normalized spacial score (nSPS) is 28.1. The molecule has 1 fully saturated rings. The molecule has 0 saturated carbocycles. The number of hydrogen-bond donors (Lipinski definition) is 1. The van der Waals surface area contributed by atoms with Crippen LogP contribution in [0.3, 0.4) is 0 Å². The molecule has 2 heterocycles. The van der Waals surface area contributed by atoms with Crippen LogP contribution in [0.1, 0.15) is 25.1 Å². The van der Waals surface area contributed by atoms with E-state index < -0.39 is 0 Å². The van der Waals surface area contributed by atoms with Crippen LogP contribution in [0.2, 0.25) is 0 Å². The van der Waals surface area contributed by atoms with Crippen LogP contribution in [0, 0.1) is 0 Å². The summed E-state index contributed by atoms with van der Waals surface area (Å²) >= 11 is 1.84. The topological polar surface area (TPSA) is 21.3 Å². The van der Waals surface area contributed by atoms with Crippen LogP contribution < -0.4 is 5.32 Å². The Hall–Kier alpha value is -0.380. The lowest BCUT2D eigenvalue weighted by Crippen LogP contribution is -2.41. The fourth-order valence-corrected chi connectivity index (χ4v) is 2.94. The second kappa shape index (κ2) is 5.10. The maximum Gasteiger partial charge on any atom is 0.0700 e. The first-order valence-corrected chi connectivity index (χ1v) is 6.53. The van der Waals surface area contributed by atoms with Gasteiger partial charge in [-0.2, -0.15) is 0 Å². The first kappa shape index (κ1) is 11.1. The van der Waals surface area contributed by atoms with Crippen molar-refractivity contribution in [2.24, 2.45) is 0 Å². The van der Waals surface area contributed by atoms with Crippen LogP contribution in [0.5, 0.6) is 0 Å². The average Bonchev–Trinajstić information content (AvgIpc) is 2.79. The summed E-state index contributed by atoms with van der Waals surface area (Å²) in [6, 6.07) is 5.41. The molecule has 1 N–H and O–H groups in total. The Morgan fingerprint density at radius 3 is 3.13 bits per heavy atom. The van der Waals surface area contributed by atoms with Gasteiger partial charge in [0.05, 0.1) is 6.10 Å². The highest BCUT2D eigenvalue weighted by Gasteiger charge is 2.25. The van der Waals surface area contributed by atoms with Crippen molar-refractivity contribution in [3.63, 3.8) is 0 Å². The van der Waals surface area contributed by atoms with E-state index in [1.165, 1.54) is 4.88 Å². The molecule has 1 saturated heterocycles. The van der Waals surface area contributed by atoms with E-state index in [0.717, 1.165) is 19.4 Å². The van der Waals surface area contributed by atoms with Crippen LogP contribution in [0.15, 0.2) is 17.5 Å². The molecule has 0 radical (unpaired) electrons. The van der Waals surface area contributed by atoms with Crippen molar-refractivity contribution in [1.82, 2.24) is 5.32 Å². The third-order valence-corrected chi connectivity index (χ3v) is 3.86. The zero-order chi connectivity index (χ0) is 10.7. The SMILES string of the molecule is CC(Cc1cccs1)NC1CCOC1C. The second-order valence-corrected chi connectivity index (χ2v) is 5.35. The highest BCUT2D eigenvalue weighted by Crippen LogP contribution is 2.15. The third-order valence-electron chi connectivity index (χ3n) is 2.96. The van der Waals surface area contributed by atoms with Crippen molar-refractivity contribution in [2.45, 2.75) is 44.9 Å². The summed E-state index contributed by atoms with van der Waals surface area (Å²) in [5, 5.41) is 5.79. The molecule has 1 aliphatic heterocycles. The summed E-state index contributed by atoms with van der Waals surface area (Å²) in [5.41, 5.74) is 0. The van der Waals surface area contributed by atoms with Crippen LogP contribution in [-0.4, -0.2) is 24.8 Å². The predicted octanol–water partition coefficient (Wildman–Crippen LogP) is 2.45. The summed E-state index contributed by atoms with van der Waals surface area (Å²) in [7, 11) is 0. The minimum Gasteiger partial charge on any atom is -0.377 e. The molecule has 15 heavy (non-hydrogen) atoms. The van der Waals surface area contributed by atoms with E-state index >= 15 is 0 Å². The molecule has 3 heteroatoms. The Labute approximate surface area is 95.6 Å². The van der Waals surface area contributed by atoms with Gasteiger partial charge in [0.2, 0.25) is 0 Å². The van der Waals surface area contributed by atoms with E-state index in [2.05, 4.69) is 36.7 Å². The van der Waals surface area contributed by atoms with Crippen molar-refractivity contribution < 1.29 is 4.74 Å². The Morgan fingerprint density at radius 2 is 2.53 bits per heavy atom. The summed E-state index contributed by atoms with van der Waals surface area (Å²) in [6.45, 7) is 5.32. The summed E-state index contributed by atoms with van der Waals surface area (Å²) in [4.78, 5) is 1.46. The van der Waals surface area contributed by atoms with Crippen molar-refractivity contribution in [3.8, 4) is 0 Å². The Balaban J connectivity index is 1.79. The van der Waals surface area contributed by atoms with Gasteiger partial charge in [0.1, 0.15) is 0 Å². The van der Waals surface area contributed by atoms with Gasteiger partial charge in [0, 0.05) is 23.6 Å². The first-order chi connectivity index (χ1) is 7.25. The maximum atomic E-state index is 5.54. The molecule has 0 amide bonds. The number of ether oxygens (including phenoxy) is 1. The van der Waals surface area contributed by atoms with Crippen LogP contribution in [-0.2, 0) is 11.2 Å². The van der Waals surface area contributed by atoms with E-state index in [9.17, 15) is 0 Å². The maximum absolute atomic E-state index is 5.54. The summed E-state index contributed by atoms with van der Waals surface area (Å²) in [5.74, 6) is 0. The molecule has 84 valence electrons. The zero-order valence-corrected chi connectivity index (χ0v) is 10.2. The van der Waals surface area contributed by atoms with Gasteiger partial charge in [-0.15, -0.1) is 11.3 Å². The zero-order valence-electron chi connectivity index (χ0n) is 9.40. The first-order valence-electron chi connectivity index (χ1n) is 5.65. The predicted molar refractivity (Wildman–Crippen MR) is 64.4 cm³/mol.